The first-order chi connectivity index (χ1) is 6.68. The first-order valence-corrected chi connectivity index (χ1v) is 4.55. The van der Waals surface area contributed by atoms with Crippen LogP contribution in [0.2, 0.25) is 0 Å². The van der Waals surface area contributed by atoms with E-state index in [1.54, 1.807) is 0 Å². The maximum absolute atomic E-state index is 9.57. The van der Waals surface area contributed by atoms with Crippen LogP contribution < -0.4 is 11.5 Å². The minimum absolute atomic E-state index is 0.0344. The van der Waals surface area contributed by atoms with Crippen LogP contribution in [0.5, 0.6) is 0 Å². The molecule has 0 aromatic rings. The summed E-state index contributed by atoms with van der Waals surface area (Å²) >= 11 is 0. The van der Waals surface area contributed by atoms with E-state index in [1.165, 1.54) is 0 Å². The fourth-order valence-corrected chi connectivity index (χ4v) is 0.513. The van der Waals surface area contributed by atoms with Gasteiger partial charge in [-0.2, -0.15) is 0 Å². The summed E-state index contributed by atoms with van der Waals surface area (Å²) in [6.45, 7) is 1.59. The molecule has 6 nitrogen and oxygen atoms in total. The minimum Gasteiger partial charge on any atom is -0.450 e. The number of carboxylic acid groups (broad SMARTS) is 1. The van der Waals surface area contributed by atoms with Crippen LogP contribution in [-0.2, 0) is 4.74 Å². The molecule has 0 fully saturated rings. The largest absolute Gasteiger partial charge is 0.505 e. The fraction of sp³-hybridized carbons (Fsp3) is 0.875. The second-order valence-electron chi connectivity index (χ2n) is 2.48. The van der Waals surface area contributed by atoms with E-state index in [1.807, 2.05) is 0 Å². The van der Waals surface area contributed by atoms with Crippen LogP contribution in [0.25, 0.3) is 0 Å². The summed E-state index contributed by atoms with van der Waals surface area (Å²) < 4.78 is 4.04. The lowest BCUT2D eigenvalue weighted by atomic mass is 10.3. The second-order valence-corrected chi connectivity index (χ2v) is 2.48. The molecule has 0 saturated carbocycles. The van der Waals surface area contributed by atoms with Crippen molar-refractivity contribution >= 4 is 6.16 Å². The highest BCUT2D eigenvalue weighted by Gasteiger charge is 1.92. The van der Waals surface area contributed by atoms with Gasteiger partial charge in [-0.15, -0.1) is 0 Å². The number of unbranched alkanes of at least 4 members (excludes halogenated alkanes) is 1. The predicted molar refractivity (Wildman–Crippen MR) is 53.0 cm³/mol. The van der Waals surface area contributed by atoms with E-state index >= 15 is 0 Å². The number of hydrogen-bond acceptors (Lipinski definition) is 5. The number of aliphatic hydroxyl groups is 1. The lowest BCUT2D eigenvalue weighted by Gasteiger charge is -1.94. The zero-order chi connectivity index (χ0) is 11.2. The zero-order valence-corrected chi connectivity index (χ0v) is 8.32. The van der Waals surface area contributed by atoms with E-state index in [0.29, 0.717) is 6.42 Å². The number of hydrogen-bond donors (Lipinski definition) is 4. The van der Waals surface area contributed by atoms with Crippen LogP contribution in [0, 0.1) is 0 Å². The van der Waals surface area contributed by atoms with Crippen molar-refractivity contribution < 1.29 is 19.7 Å². The molecule has 0 radical (unpaired) electrons. The maximum Gasteiger partial charge on any atom is 0.505 e. The first kappa shape index (κ1) is 15.6. The molecule has 0 aromatic carbocycles. The number of aliphatic hydroxyl groups excluding tert-OH is 1. The van der Waals surface area contributed by atoms with Gasteiger partial charge >= 0.3 is 6.16 Å². The Labute approximate surface area is 83.8 Å². The van der Waals surface area contributed by atoms with Crippen molar-refractivity contribution in [3.8, 4) is 0 Å². The van der Waals surface area contributed by atoms with Gasteiger partial charge in [0.15, 0.2) is 0 Å². The monoisotopic (exact) mass is 208 g/mol. The number of carbonyl (C=O) groups is 1. The van der Waals surface area contributed by atoms with Crippen molar-refractivity contribution in [1.29, 1.82) is 0 Å². The molecular formula is C8H20N2O4. The quantitative estimate of drug-likeness (QED) is 0.353. The van der Waals surface area contributed by atoms with Gasteiger partial charge in [0.25, 0.3) is 0 Å². The summed E-state index contributed by atoms with van der Waals surface area (Å²) in [6.07, 6.45) is 1.21. The molecule has 0 spiro atoms. The van der Waals surface area contributed by atoms with Gasteiger partial charge in [-0.1, -0.05) is 0 Å². The lowest BCUT2D eigenvalue weighted by Crippen LogP contribution is -2.03. The van der Waals surface area contributed by atoms with Gasteiger partial charge in [0.2, 0.25) is 0 Å². The van der Waals surface area contributed by atoms with Gasteiger partial charge < -0.3 is 26.4 Å². The molecule has 6 heteroatoms. The van der Waals surface area contributed by atoms with Crippen LogP contribution >= 0.6 is 0 Å². The summed E-state index contributed by atoms with van der Waals surface area (Å²) in [5, 5.41) is 15.9. The molecule has 86 valence electrons. The SMILES string of the molecule is NCCCCN.O=C(O)OCCCO. The van der Waals surface area contributed by atoms with Crippen molar-refractivity contribution in [3.63, 3.8) is 0 Å². The average Bonchev–Trinajstić information content (AvgIpc) is 2.16. The Morgan fingerprint density at radius 3 is 1.93 bits per heavy atom. The summed E-state index contributed by atoms with van der Waals surface area (Å²) in [6, 6.07) is 0. The number of rotatable bonds is 6. The predicted octanol–water partition coefficient (Wildman–Crippen LogP) is -0.253. The summed E-state index contributed by atoms with van der Waals surface area (Å²) in [7, 11) is 0. The molecule has 6 N–H and O–H groups in total. The van der Waals surface area contributed by atoms with Crippen LogP contribution in [0.3, 0.4) is 0 Å². The number of nitrogens with two attached hydrogens (primary N) is 2. The van der Waals surface area contributed by atoms with E-state index in [2.05, 4.69) is 4.74 Å². The molecule has 0 amide bonds. The Morgan fingerprint density at radius 1 is 1.14 bits per heavy atom. The maximum atomic E-state index is 9.57. The van der Waals surface area contributed by atoms with Crippen LogP contribution in [0.15, 0.2) is 0 Å². The third-order valence-corrected chi connectivity index (χ3v) is 1.19. The highest BCUT2D eigenvalue weighted by Crippen LogP contribution is 1.79. The van der Waals surface area contributed by atoms with E-state index in [-0.39, 0.29) is 13.2 Å². The minimum atomic E-state index is -1.29. The van der Waals surface area contributed by atoms with Gasteiger partial charge in [0.05, 0.1) is 6.61 Å². The molecule has 0 bridgehead atoms. The van der Waals surface area contributed by atoms with Gasteiger partial charge in [-0.05, 0) is 25.9 Å². The van der Waals surface area contributed by atoms with Crippen LogP contribution in [-0.4, -0.2) is 42.7 Å². The van der Waals surface area contributed by atoms with Crippen LogP contribution in [0.4, 0.5) is 4.79 Å². The summed E-state index contributed by atoms with van der Waals surface area (Å²) in [5.74, 6) is 0. The molecule has 0 heterocycles. The lowest BCUT2D eigenvalue weighted by molar-refractivity contribution is 0.0855. The molecule has 0 aromatic heterocycles. The third-order valence-electron chi connectivity index (χ3n) is 1.19. The van der Waals surface area contributed by atoms with E-state index in [0.717, 1.165) is 25.9 Å². The summed E-state index contributed by atoms with van der Waals surface area (Å²) in [5.41, 5.74) is 10.3. The van der Waals surface area contributed by atoms with Crippen molar-refractivity contribution in [2.24, 2.45) is 11.5 Å². The third kappa shape index (κ3) is 22.5. The standard InChI is InChI=1S/C4H12N2.C4H8O4/c5-3-1-2-4-6;5-2-1-3-8-4(6)7/h1-6H2;5H,1-3H2,(H,6,7). The molecular weight excluding hydrogens is 188 g/mol. The highest BCUT2D eigenvalue weighted by molar-refractivity contribution is 5.56. The molecule has 0 saturated heterocycles. The zero-order valence-electron chi connectivity index (χ0n) is 8.32. The normalized spacial score (nSPS) is 8.79. The smallest absolute Gasteiger partial charge is 0.450 e. The van der Waals surface area contributed by atoms with Gasteiger partial charge in [0.1, 0.15) is 0 Å². The van der Waals surface area contributed by atoms with Crippen LogP contribution in [0.1, 0.15) is 19.3 Å². The molecule has 0 aliphatic rings. The molecule has 0 rings (SSSR count). The average molecular weight is 208 g/mol. The Bertz CT molecular complexity index is 118. The molecule has 0 aliphatic carbocycles. The van der Waals surface area contributed by atoms with Gasteiger partial charge in [-0.25, -0.2) is 4.79 Å². The molecule has 0 unspecified atom stereocenters. The van der Waals surface area contributed by atoms with Crippen molar-refractivity contribution in [1.82, 2.24) is 0 Å². The van der Waals surface area contributed by atoms with Gasteiger partial charge in [0, 0.05) is 13.0 Å². The van der Waals surface area contributed by atoms with Crippen molar-refractivity contribution in [3.05, 3.63) is 0 Å². The fourth-order valence-electron chi connectivity index (χ4n) is 0.513. The second kappa shape index (κ2) is 14.7. The topological polar surface area (TPSA) is 119 Å². The Kier molecular flexibility index (Phi) is 16.4. The van der Waals surface area contributed by atoms with Crippen molar-refractivity contribution in [2.75, 3.05) is 26.3 Å². The van der Waals surface area contributed by atoms with Gasteiger partial charge in [-0.3, -0.25) is 0 Å². The molecule has 0 atom stereocenters. The molecule has 0 aliphatic heterocycles. The Morgan fingerprint density at radius 2 is 1.64 bits per heavy atom. The highest BCUT2D eigenvalue weighted by atomic mass is 16.7. The Hall–Kier alpha value is -0.850. The van der Waals surface area contributed by atoms with E-state index < -0.39 is 6.16 Å². The first-order valence-electron chi connectivity index (χ1n) is 4.55. The Balaban J connectivity index is 0. The summed E-state index contributed by atoms with van der Waals surface area (Å²) in [4.78, 5) is 9.57. The van der Waals surface area contributed by atoms with Crippen molar-refractivity contribution in [2.45, 2.75) is 19.3 Å². The molecule has 14 heavy (non-hydrogen) atoms. The van der Waals surface area contributed by atoms with E-state index in [4.69, 9.17) is 21.7 Å². The van der Waals surface area contributed by atoms with E-state index in [9.17, 15) is 4.79 Å². The number of ether oxygens (including phenoxy) is 1.